The lowest BCUT2D eigenvalue weighted by atomic mass is 10.0. The molecule has 0 bridgehead atoms. The molecule has 0 amide bonds. The fourth-order valence-electron chi connectivity index (χ4n) is 3.10. The molecule has 116 valence electrons. The van der Waals surface area contributed by atoms with Crippen LogP contribution in [-0.4, -0.2) is 28.0 Å². The minimum atomic E-state index is -0.869. The Balaban J connectivity index is 1.89. The second-order valence-corrected chi connectivity index (χ2v) is 5.72. The molecular formula is C17H20N2O3. The van der Waals surface area contributed by atoms with Gasteiger partial charge in [0.25, 0.3) is 0 Å². The summed E-state index contributed by atoms with van der Waals surface area (Å²) in [6, 6.07) is 8.08. The normalized spacial score (nSPS) is 15.1. The second-order valence-electron chi connectivity index (χ2n) is 5.72. The van der Waals surface area contributed by atoms with Crippen LogP contribution in [0.1, 0.15) is 37.3 Å². The molecule has 0 spiro atoms. The molecule has 1 saturated carbocycles. The summed E-state index contributed by atoms with van der Waals surface area (Å²) >= 11 is 0. The van der Waals surface area contributed by atoms with E-state index in [1.54, 1.807) is 7.11 Å². The standard InChI is InChI=1S/C17H20N2O3/c1-22-16-7-6-12(10-13(16)11-17(20)21)15-8-9-19(18-15)14-4-2-3-5-14/h6-10,14H,2-5,11H2,1H3,(H,20,21). The van der Waals surface area contributed by atoms with Crippen molar-refractivity contribution < 1.29 is 14.6 Å². The van der Waals surface area contributed by atoms with Gasteiger partial charge >= 0.3 is 5.97 Å². The number of hydrogen-bond acceptors (Lipinski definition) is 3. The molecule has 3 rings (SSSR count). The molecule has 0 radical (unpaired) electrons. The first kappa shape index (κ1) is 14.6. The third-order valence-corrected chi connectivity index (χ3v) is 4.23. The van der Waals surface area contributed by atoms with Crippen molar-refractivity contribution in [3.8, 4) is 17.0 Å². The van der Waals surface area contributed by atoms with Crippen molar-refractivity contribution in [2.24, 2.45) is 0 Å². The van der Waals surface area contributed by atoms with Gasteiger partial charge in [-0.1, -0.05) is 12.8 Å². The number of nitrogens with zero attached hydrogens (tertiary/aromatic N) is 2. The summed E-state index contributed by atoms with van der Waals surface area (Å²) < 4.78 is 7.28. The molecule has 1 aliphatic rings. The van der Waals surface area contributed by atoms with Gasteiger partial charge in [0.2, 0.25) is 0 Å². The summed E-state index contributed by atoms with van der Waals surface area (Å²) in [5.41, 5.74) is 2.47. The van der Waals surface area contributed by atoms with Crippen LogP contribution in [0.2, 0.25) is 0 Å². The van der Waals surface area contributed by atoms with Crippen molar-refractivity contribution in [3.63, 3.8) is 0 Å². The summed E-state index contributed by atoms with van der Waals surface area (Å²) in [6.45, 7) is 0. The lowest BCUT2D eigenvalue weighted by molar-refractivity contribution is -0.136. The molecule has 1 aliphatic carbocycles. The quantitative estimate of drug-likeness (QED) is 0.920. The molecule has 5 nitrogen and oxygen atoms in total. The van der Waals surface area contributed by atoms with Crippen molar-refractivity contribution in [1.29, 1.82) is 0 Å². The van der Waals surface area contributed by atoms with Crippen LogP contribution in [0.3, 0.4) is 0 Å². The summed E-state index contributed by atoms with van der Waals surface area (Å²) in [7, 11) is 1.55. The van der Waals surface area contributed by atoms with Gasteiger partial charge in [-0.3, -0.25) is 9.48 Å². The summed E-state index contributed by atoms with van der Waals surface area (Å²) in [6.07, 6.45) is 6.88. The highest BCUT2D eigenvalue weighted by Gasteiger charge is 2.18. The van der Waals surface area contributed by atoms with Gasteiger partial charge in [-0.05, 0) is 37.1 Å². The summed E-state index contributed by atoms with van der Waals surface area (Å²) in [4.78, 5) is 11.0. The molecule has 0 aliphatic heterocycles. The summed E-state index contributed by atoms with van der Waals surface area (Å²) in [5, 5.41) is 13.7. The maximum absolute atomic E-state index is 11.0. The van der Waals surface area contributed by atoms with Crippen molar-refractivity contribution in [2.75, 3.05) is 7.11 Å². The topological polar surface area (TPSA) is 64.4 Å². The van der Waals surface area contributed by atoms with Crippen LogP contribution in [-0.2, 0) is 11.2 Å². The van der Waals surface area contributed by atoms with Crippen molar-refractivity contribution >= 4 is 5.97 Å². The number of aromatic nitrogens is 2. The Morgan fingerprint density at radius 1 is 1.36 bits per heavy atom. The number of carbonyl (C=O) groups is 1. The Morgan fingerprint density at radius 2 is 2.14 bits per heavy atom. The molecule has 0 atom stereocenters. The second kappa shape index (κ2) is 6.22. The van der Waals surface area contributed by atoms with Gasteiger partial charge in [-0.2, -0.15) is 5.10 Å². The van der Waals surface area contributed by atoms with Crippen molar-refractivity contribution in [2.45, 2.75) is 38.1 Å². The zero-order chi connectivity index (χ0) is 15.5. The van der Waals surface area contributed by atoms with Crippen LogP contribution < -0.4 is 4.74 Å². The van der Waals surface area contributed by atoms with Crippen LogP contribution in [0.25, 0.3) is 11.3 Å². The van der Waals surface area contributed by atoms with E-state index < -0.39 is 5.97 Å². The van der Waals surface area contributed by atoms with Gasteiger partial charge in [0.05, 0.1) is 25.3 Å². The molecule has 0 unspecified atom stereocenters. The molecule has 22 heavy (non-hydrogen) atoms. The van der Waals surface area contributed by atoms with E-state index in [4.69, 9.17) is 9.84 Å². The monoisotopic (exact) mass is 300 g/mol. The third-order valence-electron chi connectivity index (χ3n) is 4.23. The average Bonchev–Trinajstić information content (AvgIpc) is 3.17. The van der Waals surface area contributed by atoms with Crippen LogP contribution in [0.5, 0.6) is 5.75 Å². The van der Waals surface area contributed by atoms with Gasteiger partial charge in [-0.25, -0.2) is 0 Å². The van der Waals surface area contributed by atoms with Gasteiger partial charge < -0.3 is 9.84 Å². The smallest absolute Gasteiger partial charge is 0.307 e. The van der Waals surface area contributed by atoms with Gasteiger partial charge in [0.15, 0.2) is 0 Å². The van der Waals surface area contributed by atoms with E-state index in [1.807, 2.05) is 35.1 Å². The molecule has 2 aromatic rings. The number of ether oxygens (including phenoxy) is 1. The number of carboxylic acids is 1. The van der Waals surface area contributed by atoms with E-state index in [9.17, 15) is 4.79 Å². The Morgan fingerprint density at radius 3 is 2.82 bits per heavy atom. The molecule has 1 aromatic heterocycles. The third kappa shape index (κ3) is 2.98. The van der Waals surface area contributed by atoms with E-state index in [-0.39, 0.29) is 6.42 Å². The van der Waals surface area contributed by atoms with Crippen molar-refractivity contribution in [1.82, 2.24) is 9.78 Å². The van der Waals surface area contributed by atoms with Crippen molar-refractivity contribution in [3.05, 3.63) is 36.0 Å². The van der Waals surface area contributed by atoms with E-state index in [1.165, 1.54) is 25.7 Å². The van der Waals surface area contributed by atoms with E-state index in [2.05, 4.69) is 5.10 Å². The van der Waals surface area contributed by atoms with Crippen LogP contribution in [0.4, 0.5) is 0 Å². The van der Waals surface area contributed by atoms with Crippen LogP contribution >= 0.6 is 0 Å². The molecule has 5 heteroatoms. The Kier molecular flexibility index (Phi) is 4.13. The molecular weight excluding hydrogens is 280 g/mol. The Hall–Kier alpha value is -2.30. The number of aliphatic carboxylic acids is 1. The average molecular weight is 300 g/mol. The number of benzene rings is 1. The molecule has 1 heterocycles. The minimum absolute atomic E-state index is 0.0552. The minimum Gasteiger partial charge on any atom is -0.496 e. The zero-order valence-corrected chi connectivity index (χ0v) is 12.7. The lowest BCUT2D eigenvalue weighted by Gasteiger charge is -2.10. The predicted octanol–water partition coefficient (Wildman–Crippen LogP) is 3.30. The van der Waals surface area contributed by atoms with E-state index in [0.29, 0.717) is 17.4 Å². The summed E-state index contributed by atoms with van der Waals surface area (Å²) in [5.74, 6) is -0.270. The van der Waals surface area contributed by atoms with Gasteiger partial charge in [0.1, 0.15) is 5.75 Å². The first-order valence-electron chi connectivity index (χ1n) is 7.61. The molecule has 1 aromatic carbocycles. The maximum atomic E-state index is 11.0. The molecule has 1 fully saturated rings. The first-order valence-corrected chi connectivity index (χ1v) is 7.61. The fraction of sp³-hybridized carbons (Fsp3) is 0.412. The zero-order valence-electron chi connectivity index (χ0n) is 12.7. The highest BCUT2D eigenvalue weighted by atomic mass is 16.5. The highest BCUT2D eigenvalue weighted by Crippen LogP contribution is 2.31. The SMILES string of the molecule is COc1ccc(-c2ccn(C3CCCC3)n2)cc1CC(=O)O. The molecule has 1 N–H and O–H groups in total. The highest BCUT2D eigenvalue weighted by molar-refractivity contribution is 5.73. The van der Waals surface area contributed by atoms with Gasteiger partial charge in [-0.15, -0.1) is 0 Å². The number of methoxy groups -OCH3 is 1. The van der Waals surface area contributed by atoms with Crippen LogP contribution in [0, 0.1) is 0 Å². The maximum Gasteiger partial charge on any atom is 0.307 e. The van der Waals surface area contributed by atoms with Gasteiger partial charge in [0, 0.05) is 17.3 Å². The number of hydrogen-bond donors (Lipinski definition) is 1. The number of carboxylic acid groups (broad SMARTS) is 1. The lowest BCUT2D eigenvalue weighted by Crippen LogP contribution is -2.05. The largest absolute Gasteiger partial charge is 0.496 e. The van der Waals surface area contributed by atoms with Crippen LogP contribution in [0.15, 0.2) is 30.5 Å². The van der Waals surface area contributed by atoms with E-state index in [0.717, 1.165) is 11.3 Å². The Labute approximate surface area is 129 Å². The first-order chi connectivity index (χ1) is 10.7. The predicted molar refractivity (Wildman–Crippen MR) is 83.1 cm³/mol. The van der Waals surface area contributed by atoms with E-state index >= 15 is 0 Å². The number of rotatable bonds is 5. The fourth-order valence-corrected chi connectivity index (χ4v) is 3.10. The molecule has 0 saturated heterocycles. The Bertz CT molecular complexity index is 672.